The van der Waals surface area contributed by atoms with Gasteiger partial charge >= 0.3 is 6.18 Å². The van der Waals surface area contributed by atoms with Gasteiger partial charge in [0.05, 0.1) is 11.2 Å². The van der Waals surface area contributed by atoms with E-state index >= 15 is 0 Å². The highest BCUT2D eigenvalue weighted by molar-refractivity contribution is 5.44. The number of aliphatic hydroxyl groups is 1. The van der Waals surface area contributed by atoms with Crippen LogP contribution >= 0.6 is 0 Å². The van der Waals surface area contributed by atoms with Gasteiger partial charge in [0.25, 0.3) is 0 Å². The SMILES string of the molecule is CCCC1(O)CN(c2ccc(C(F)(F)F)cn2)C1. The summed E-state index contributed by atoms with van der Waals surface area (Å²) in [6, 6.07) is 2.36. The van der Waals surface area contributed by atoms with Crippen molar-refractivity contribution in [3.05, 3.63) is 23.9 Å². The third kappa shape index (κ3) is 2.58. The lowest BCUT2D eigenvalue weighted by Gasteiger charge is -2.47. The lowest BCUT2D eigenvalue weighted by molar-refractivity contribution is -0.137. The maximum absolute atomic E-state index is 12.3. The van der Waals surface area contributed by atoms with Crippen LogP contribution in [0, 0.1) is 0 Å². The molecule has 2 rings (SSSR count). The number of hydrogen-bond acceptors (Lipinski definition) is 3. The van der Waals surface area contributed by atoms with Gasteiger partial charge in [0.1, 0.15) is 5.82 Å². The number of alkyl halides is 3. The number of β-amino-alcohol motifs (C(OH)–C–C–N with tert-alkyl or cyclic N) is 1. The first-order valence-corrected chi connectivity index (χ1v) is 5.85. The van der Waals surface area contributed by atoms with Gasteiger partial charge in [-0.2, -0.15) is 13.2 Å². The van der Waals surface area contributed by atoms with Gasteiger partial charge in [0.15, 0.2) is 0 Å². The van der Waals surface area contributed by atoms with E-state index in [0.29, 0.717) is 25.3 Å². The highest BCUT2D eigenvalue weighted by Gasteiger charge is 2.41. The van der Waals surface area contributed by atoms with Crippen molar-refractivity contribution in [2.75, 3.05) is 18.0 Å². The maximum atomic E-state index is 12.3. The molecular weight excluding hydrogens is 245 g/mol. The van der Waals surface area contributed by atoms with Gasteiger partial charge in [0, 0.05) is 19.3 Å². The maximum Gasteiger partial charge on any atom is 0.417 e. The van der Waals surface area contributed by atoms with Crippen LogP contribution in [0.15, 0.2) is 18.3 Å². The molecule has 0 amide bonds. The number of rotatable bonds is 3. The van der Waals surface area contributed by atoms with E-state index in [-0.39, 0.29) is 0 Å². The standard InChI is InChI=1S/C12H15F3N2O/c1-2-5-11(18)7-17(8-11)10-4-3-9(6-16-10)12(13,14)15/h3-4,6,18H,2,5,7-8H2,1H3. The summed E-state index contributed by atoms with van der Waals surface area (Å²) in [6.07, 6.45) is -1.95. The quantitative estimate of drug-likeness (QED) is 0.907. The van der Waals surface area contributed by atoms with Gasteiger partial charge < -0.3 is 10.0 Å². The van der Waals surface area contributed by atoms with Gasteiger partial charge in [0.2, 0.25) is 0 Å². The van der Waals surface area contributed by atoms with Crippen LogP contribution < -0.4 is 4.90 Å². The van der Waals surface area contributed by atoms with Crippen molar-refractivity contribution >= 4 is 5.82 Å². The summed E-state index contributed by atoms with van der Waals surface area (Å²) in [6.45, 7) is 2.84. The summed E-state index contributed by atoms with van der Waals surface area (Å²) in [4.78, 5) is 5.56. The predicted molar refractivity (Wildman–Crippen MR) is 61.3 cm³/mol. The molecule has 3 nitrogen and oxygen atoms in total. The molecule has 18 heavy (non-hydrogen) atoms. The molecule has 0 radical (unpaired) electrons. The molecule has 1 fully saturated rings. The molecule has 100 valence electrons. The van der Waals surface area contributed by atoms with Crippen molar-refractivity contribution in [2.24, 2.45) is 0 Å². The van der Waals surface area contributed by atoms with Crippen molar-refractivity contribution in [3.63, 3.8) is 0 Å². The Morgan fingerprint density at radius 1 is 1.39 bits per heavy atom. The van der Waals surface area contributed by atoms with E-state index in [0.717, 1.165) is 18.7 Å². The summed E-state index contributed by atoms with van der Waals surface area (Å²) in [5.41, 5.74) is -1.46. The average Bonchev–Trinajstić information content (AvgIpc) is 2.25. The smallest absolute Gasteiger partial charge is 0.386 e. The normalized spacial score (nSPS) is 18.6. The molecule has 0 bridgehead atoms. The van der Waals surface area contributed by atoms with Crippen LogP contribution in [0.2, 0.25) is 0 Å². The third-order valence-corrected chi connectivity index (χ3v) is 3.08. The zero-order chi connectivity index (χ0) is 13.4. The summed E-state index contributed by atoms with van der Waals surface area (Å²) in [7, 11) is 0. The van der Waals surface area contributed by atoms with Crippen molar-refractivity contribution in [1.82, 2.24) is 4.98 Å². The van der Waals surface area contributed by atoms with E-state index in [4.69, 9.17) is 0 Å². The van der Waals surface area contributed by atoms with Gasteiger partial charge in [-0.1, -0.05) is 13.3 Å². The zero-order valence-electron chi connectivity index (χ0n) is 10.0. The Labute approximate surface area is 103 Å². The van der Waals surface area contributed by atoms with Crippen LogP contribution in [0.25, 0.3) is 0 Å². The lowest BCUT2D eigenvalue weighted by Crippen LogP contribution is -2.62. The first kappa shape index (κ1) is 13.1. The molecule has 1 aliphatic rings. The molecule has 0 unspecified atom stereocenters. The largest absolute Gasteiger partial charge is 0.417 e. The molecule has 1 aliphatic heterocycles. The second-order valence-electron chi connectivity index (χ2n) is 4.73. The minimum atomic E-state index is -4.36. The number of pyridine rings is 1. The highest BCUT2D eigenvalue weighted by atomic mass is 19.4. The van der Waals surface area contributed by atoms with Crippen molar-refractivity contribution in [3.8, 4) is 0 Å². The third-order valence-electron chi connectivity index (χ3n) is 3.08. The zero-order valence-corrected chi connectivity index (χ0v) is 10.0. The Hall–Kier alpha value is -1.30. The van der Waals surface area contributed by atoms with Crippen LogP contribution in [0.5, 0.6) is 0 Å². The monoisotopic (exact) mass is 260 g/mol. The Morgan fingerprint density at radius 3 is 2.50 bits per heavy atom. The van der Waals surface area contributed by atoms with Crippen molar-refractivity contribution < 1.29 is 18.3 Å². The van der Waals surface area contributed by atoms with Gasteiger partial charge in [-0.05, 0) is 18.6 Å². The predicted octanol–water partition coefficient (Wildman–Crippen LogP) is 2.45. The van der Waals surface area contributed by atoms with Crippen LogP contribution in [-0.4, -0.2) is 28.8 Å². The molecule has 0 atom stereocenters. The first-order chi connectivity index (χ1) is 8.34. The van der Waals surface area contributed by atoms with E-state index in [9.17, 15) is 18.3 Å². The molecule has 0 spiro atoms. The molecule has 1 aromatic heterocycles. The van der Waals surface area contributed by atoms with Crippen LogP contribution in [0.3, 0.4) is 0 Å². The Kier molecular flexibility index (Phi) is 3.23. The topological polar surface area (TPSA) is 36.4 Å². The molecule has 0 saturated carbocycles. The van der Waals surface area contributed by atoms with E-state index in [1.165, 1.54) is 6.07 Å². The molecule has 6 heteroatoms. The number of nitrogens with zero attached hydrogens (tertiary/aromatic N) is 2. The van der Waals surface area contributed by atoms with Gasteiger partial charge in [-0.3, -0.25) is 0 Å². The fourth-order valence-electron chi connectivity index (χ4n) is 2.19. The summed E-state index contributed by atoms with van der Waals surface area (Å²) >= 11 is 0. The second-order valence-corrected chi connectivity index (χ2v) is 4.73. The molecule has 1 saturated heterocycles. The molecule has 2 heterocycles. The minimum absolute atomic E-state index is 0.430. The summed E-state index contributed by atoms with van der Waals surface area (Å²) < 4.78 is 37.0. The molecule has 0 aromatic carbocycles. The highest BCUT2D eigenvalue weighted by Crippen LogP contribution is 2.32. The van der Waals surface area contributed by atoms with Crippen LogP contribution in [0.1, 0.15) is 25.3 Å². The number of aromatic nitrogens is 1. The van der Waals surface area contributed by atoms with Gasteiger partial charge in [-0.15, -0.1) is 0 Å². The molecule has 1 aromatic rings. The Bertz CT molecular complexity index is 410. The molecule has 0 aliphatic carbocycles. The van der Waals surface area contributed by atoms with E-state index in [1.807, 2.05) is 6.92 Å². The van der Waals surface area contributed by atoms with Crippen molar-refractivity contribution in [2.45, 2.75) is 31.5 Å². The summed E-state index contributed by atoms with van der Waals surface area (Å²) in [5, 5.41) is 9.98. The van der Waals surface area contributed by atoms with E-state index in [1.54, 1.807) is 4.90 Å². The lowest BCUT2D eigenvalue weighted by atomic mass is 9.89. The number of hydrogen-bond donors (Lipinski definition) is 1. The number of halogens is 3. The van der Waals surface area contributed by atoms with Gasteiger partial charge in [-0.25, -0.2) is 4.98 Å². The molecular formula is C12H15F3N2O. The molecule has 1 N–H and O–H groups in total. The fraction of sp³-hybridized carbons (Fsp3) is 0.583. The fourth-order valence-corrected chi connectivity index (χ4v) is 2.19. The first-order valence-electron chi connectivity index (χ1n) is 5.85. The average molecular weight is 260 g/mol. The van der Waals surface area contributed by atoms with E-state index in [2.05, 4.69) is 4.98 Å². The van der Waals surface area contributed by atoms with Crippen LogP contribution in [-0.2, 0) is 6.18 Å². The summed E-state index contributed by atoms with van der Waals surface area (Å²) in [5.74, 6) is 0.476. The number of anilines is 1. The van der Waals surface area contributed by atoms with E-state index < -0.39 is 17.3 Å². The van der Waals surface area contributed by atoms with Crippen LogP contribution in [0.4, 0.5) is 19.0 Å². The Balaban J connectivity index is 2.01. The second kappa shape index (κ2) is 4.42. The Morgan fingerprint density at radius 2 is 2.06 bits per heavy atom. The minimum Gasteiger partial charge on any atom is -0.386 e. The van der Waals surface area contributed by atoms with Crippen molar-refractivity contribution in [1.29, 1.82) is 0 Å².